The van der Waals surface area contributed by atoms with Crippen LogP contribution in [-0.2, 0) is 4.79 Å². The van der Waals surface area contributed by atoms with Gasteiger partial charge in [-0.1, -0.05) is 0 Å². The predicted octanol–water partition coefficient (Wildman–Crippen LogP) is -0.213. The Morgan fingerprint density at radius 3 is 2.25 bits per heavy atom. The van der Waals surface area contributed by atoms with Crippen LogP contribution in [0.4, 0.5) is 0 Å². The van der Waals surface area contributed by atoms with Crippen LogP contribution in [0.2, 0.25) is 0 Å². The Morgan fingerprint density at radius 2 is 2.12 bits per heavy atom. The molecule has 0 saturated carbocycles. The fraction of sp³-hybridized carbons (Fsp3) is 0.500. The van der Waals surface area contributed by atoms with Crippen molar-refractivity contribution >= 4 is 11.8 Å². The number of carbonyl (C=O) groups is 1. The molecule has 0 spiro atoms. The molecule has 4 heteroatoms. The Hall–Kier alpha value is -1.06. The number of carboxylic acid groups (broad SMARTS) is 1. The highest BCUT2D eigenvalue weighted by Crippen LogP contribution is 1.84. The van der Waals surface area contributed by atoms with Crippen LogP contribution in [0.3, 0.4) is 0 Å². The minimum absolute atomic E-state index is 0.0463. The van der Waals surface area contributed by atoms with E-state index in [9.17, 15) is 4.79 Å². The van der Waals surface area contributed by atoms with E-state index in [0.29, 0.717) is 0 Å². The van der Waals surface area contributed by atoms with Crippen molar-refractivity contribution < 1.29 is 9.90 Å². The molecular formula is C4H8N2O2. The van der Waals surface area contributed by atoms with Crippen LogP contribution >= 0.6 is 0 Å². The van der Waals surface area contributed by atoms with Crippen molar-refractivity contribution in [1.82, 2.24) is 0 Å². The lowest BCUT2D eigenvalue weighted by Gasteiger charge is -1.89. The van der Waals surface area contributed by atoms with E-state index >= 15 is 0 Å². The molecule has 0 radical (unpaired) electrons. The molecule has 0 aliphatic heterocycles. The largest absolute Gasteiger partial charge is 0.481 e. The molecule has 0 aliphatic carbocycles. The molecule has 46 valence electrons. The average Bonchev–Trinajstić information content (AvgIpc) is 1.61. The molecule has 8 heavy (non-hydrogen) atoms. The maximum Gasteiger partial charge on any atom is 0.303 e. The molecule has 0 aromatic rings. The Bertz CT molecular complexity index is 96.6. The number of aliphatic carboxylic acids is 1. The second-order valence-corrected chi connectivity index (χ2v) is 1.42. The van der Waals surface area contributed by atoms with E-state index in [1.807, 2.05) is 0 Å². The van der Waals surface area contributed by atoms with Crippen LogP contribution in [0.15, 0.2) is 0 Å². The number of nitrogens with one attached hydrogen (secondary N) is 1. The fourth-order valence-electron chi connectivity index (χ4n) is 0.242. The fourth-order valence-corrected chi connectivity index (χ4v) is 0.242. The van der Waals surface area contributed by atoms with E-state index < -0.39 is 5.97 Å². The van der Waals surface area contributed by atoms with E-state index in [1.165, 1.54) is 0 Å². The molecule has 0 heterocycles. The standard InChI is InChI=1S/C4H8N2O2/c5-3(6)1-2-4(7)8/h1-2H2,(H3,5,6)(H,7,8). The number of hydrogen-bond acceptors (Lipinski definition) is 2. The van der Waals surface area contributed by atoms with Gasteiger partial charge in [-0.3, -0.25) is 10.2 Å². The smallest absolute Gasteiger partial charge is 0.303 e. The van der Waals surface area contributed by atoms with Gasteiger partial charge in [0.05, 0.1) is 12.3 Å². The molecular weight excluding hydrogens is 108 g/mol. The molecule has 4 N–H and O–H groups in total. The van der Waals surface area contributed by atoms with Crippen molar-refractivity contribution in [2.75, 3.05) is 0 Å². The lowest BCUT2D eigenvalue weighted by molar-refractivity contribution is -0.136. The second-order valence-electron chi connectivity index (χ2n) is 1.42. The third-order valence-corrected chi connectivity index (χ3v) is 0.608. The molecule has 0 aliphatic rings. The lowest BCUT2D eigenvalue weighted by Crippen LogP contribution is -2.11. The van der Waals surface area contributed by atoms with Gasteiger partial charge in [-0.15, -0.1) is 0 Å². The summed E-state index contributed by atoms with van der Waals surface area (Å²) in [5.74, 6) is -0.993. The van der Waals surface area contributed by atoms with Crippen LogP contribution in [0.25, 0.3) is 0 Å². The zero-order valence-corrected chi connectivity index (χ0v) is 4.35. The minimum Gasteiger partial charge on any atom is -0.481 e. The van der Waals surface area contributed by atoms with E-state index in [2.05, 4.69) is 0 Å². The Kier molecular flexibility index (Phi) is 2.61. The highest BCUT2D eigenvalue weighted by molar-refractivity contribution is 5.81. The van der Waals surface area contributed by atoms with Gasteiger partial charge in [0, 0.05) is 6.42 Å². The number of nitrogens with two attached hydrogens (primary N) is 1. The van der Waals surface area contributed by atoms with Crippen LogP contribution in [0.1, 0.15) is 12.8 Å². The first-order valence-electron chi connectivity index (χ1n) is 2.17. The van der Waals surface area contributed by atoms with Crippen molar-refractivity contribution in [3.8, 4) is 0 Å². The number of amidine groups is 1. The highest BCUT2D eigenvalue weighted by Gasteiger charge is 1.95. The molecule has 0 amide bonds. The lowest BCUT2D eigenvalue weighted by atomic mass is 10.3. The normalized spacial score (nSPS) is 8.50. The van der Waals surface area contributed by atoms with Crippen LogP contribution in [0.5, 0.6) is 0 Å². The molecule has 0 aromatic carbocycles. The Labute approximate surface area is 46.8 Å². The molecule has 4 nitrogen and oxygen atoms in total. The van der Waals surface area contributed by atoms with Gasteiger partial charge in [0.15, 0.2) is 0 Å². The van der Waals surface area contributed by atoms with Crippen molar-refractivity contribution in [3.63, 3.8) is 0 Å². The quantitative estimate of drug-likeness (QED) is 0.352. The van der Waals surface area contributed by atoms with Crippen LogP contribution < -0.4 is 5.73 Å². The number of rotatable bonds is 3. The Balaban J connectivity index is 3.18. The van der Waals surface area contributed by atoms with Gasteiger partial charge in [-0.2, -0.15) is 0 Å². The van der Waals surface area contributed by atoms with Gasteiger partial charge in [0.1, 0.15) is 0 Å². The third kappa shape index (κ3) is 4.94. The summed E-state index contributed by atoms with van der Waals surface area (Å²) in [6.07, 6.45) is 0.102. The highest BCUT2D eigenvalue weighted by atomic mass is 16.4. The van der Waals surface area contributed by atoms with Crippen LogP contribution in [-0.4, -0.2) is 16.9 Å². The van der Waals surface area contributed by atoms with Crippen LogP contribution in [0, 0.1) is 5.41 Å². The molecule has 0 aromatic heterocycles. The summed E-state index contributed by atoms with van der Waals surface area (Å²) in [5, 5.41) is 14.6. The van der Waals surface area contributed by atoms with Gasteiger partial charge in [0.25, 0.3) is 0 Å². The molecule has 0 bridgehead atoms. The first-order chi connectivity index (χ1) is 3.63. The maximum absolute atomic E-state index is 9.75. The third-order valence-electron chi connectivity index (χ3n) is 0.608. The van der Waals surface area contributed by atoms with E-state index in [4.69, 9.17) is 16.2 Å². The first-order valence-corrected chi connectivity index (χ1v) is 2.17. The molecule has 0 atom stereocenters. The SMILES string of the molecule is N=C(N)CCC(=O)O. The minimum atomic E-state index is -0.916. The van der Waals surface area contributed by atoms with E-state index in [0.717, 1.165) is 0 Å². The predicted molar refractivity (Wildman–Crippen MR) is 28.8 cm³/mol. The summed E-state index contributed by atoms with van der Waals surface area (Å²) in [4.78, 5) is 9.75. The Morgan fingerprint density at radius 1 is 1.62 bits per heavy atom. The van der Waals surface area contributed by atoms with Crippen molar-refractivity contribution in [2.24, 2.45) is 5.73 Å². The zero-order chi connectivity index (χ0) is 6.57. The van der Waals surface area contributed by atoms with Crippen molar-refractivity contribution in [2.45, 2.75) is 12.8 Å². The van der Waals surface area contributed by atoms with Gasteiger partial charge >= 0.3 is 5.97 Å². The topological polar surface area (TPSA) is 87.2 Å². The van der Waals surface area contributed by atoms with E-state index in [1.54, 1.807) is 0 Å². The number of hydrogen-bond donors (Lipinski definition) is 3. The van der Waals surface area contributed by atoms with Gasteiger partial charge in [0.2, 0.25) is 0 Å². The van der Waals surface area contributed by atoms with Crippen molar-refractivity contribution in [3.05, 3.63) is 0 Å². The molecule has 0 rings (SSSR count). The second kappa shape index (κ2) is 3.01. The van der Waals surface area contributed by atoms with E-state index in [-0.39, 0.29) is 18.7 Å². The summed E-state index contributed by atoms with van der Waals surface area (Å²) in [7, 11) is 0. The maximum atomic E-state index is 9.75. The molecule has 0 saturated heterocycles. The van der Waals surface area contributed by atoms with Crippen molar-refractivity contribution in [1.29, 1.82) is 5.41 Å². The average molecular weight is 116 g/mol. The summed E-state index contributed by atoms with van der Waals surface area (Å²) < 4.78 is 0. The number of carboxylic acids is 1. The van der Waals surface area contributed by atoms with Gasteiger partial charge in [-0.25, -0.2) is 0 Å². The molecule has 0 unspecified atom stereocenters. The summed E-state index contributed by atoms with van der Waals surface area (Å²) in [5.41, 5.74) is 4.86. The monoisotopic (exact) mass is 116 g/mol. The summed E-state index contributed by atoms with van der Waals surface area (Å²) in [6.45, 7) is 0. The zero-order valence-electron chi connectivity index (χ0n) is 4.35. The summed E-state index contributed by atoms with van der Waals surface area (Å²) >= 11 is 0. The molecule has 0 fully saturated rings. The van der Waals surface area contributed by atoms with Gasteiger partial charge in [-0.05, 0) is 0 Å². The summed E-state index contributed by atoms with van der Waals surface area (Å²) in [6, 6.07) is 0. The first kappa shape index (κ1) is 6.94. The van der Waals surface area contributed by atoms with Gasteiger partial charge < -0.3 is 10.8 Å².